The summed E-state index contributed by atoms with van der Waals surface area (Å²) < 4.78 is 0. The first-order chi connectivity index (χ1) is 10.5. The Morgan fingerprint density at radius 1 is 0.955 bits per heavy atom. The normalized spacial score (nSPS) is 17.1. The molecule has 0 fully saturated rings. The summed E-state index contributed by atoms with van der Waals surface area (Å²) in [4.78, 5) is 11.1. The van der Waals surface area contributed by atoms with Gasteiger partial charge in [-0.25, -0.2) is 0 Å². The Kier molecular flexibility index (Phi) is 7.58. The predicted octanol–water partition coefficient (Wildman–Crippen LogP) is 6.09. The summed E-state index contributed by atoms with van der Waals surface area (Å²) in [6.07, 6.45) is 12.0. The van der Waals surface area contributed by atoms with E-state index in [4.69, 9.17) is 0 Å². The monoisotopic (exact) mass is 300 g/mol. The zero-order valence-electron chi connectivity index (χ0n) is 14.8. The van der Waals surface area contributed by atoms with Gasteiger partial charge in [0.15, 0.2) is 0 Å². The summed E-state index contributed by atoms with van der Waals surface area (Å²) in [6.45, 7) is 8.96. The molecule has 1 heteroatoms. The van der Waals surface area contributed by atoms with Crippen molar-refractivity contribution in [1.29, 1.82) is 0 Å². The van der Waals surface area contributed by atoms with E-state index in [-0.39, 0.29) is 10.8 Å². The van der Waals surface area contributed by atoms with Gasteiger partial charge in [-0.05, 0) is 23.8 Å². The maximum atomic E-state index is 11.1. The van der Waals surface area contributed by atoms with E-state index in [1.165, 1.54) is 18.4 Å². The fourth-order valence-corrected chi connectivity index (χ4v) is 3.07. The average Bonchev–Trinajstić information content (AvgIpc) is 2.53. The highest BCUT2D eigenvalue weighted by Gasteiger charge is 2.25. The molecule has 0 amide bonds. The fourth-order valence-electron chi connectivity index (χ4n) is 3.07. The average molecular weight is 300 g/mol. The van der Waals surface area contributed by atoms with Crippen molar-refractivity contribution in [3.63, 3.8) is 0 Å². The molecule has 0 unspecified atom stereocenters. The topological polar surface area (TPSA) is 17.1 Å². The second kappa shape index (κ2) is 8.92. The van der Waals surface area contributed by atoms with Crippen LogP contribution in [0.3, 0.4) is 0 Å². The Bertz CT molecular complexity index is 462. The van der Waals surface area contributed by atoms with Gasteiger partial charge in [-0.15, -0.1) is 0 Å². The summed E-state index contributed by atoms with van der Waals surface area (Å²) in [7, 11) is 0. The van der Waals surface area contributed by atoms with Crippen molar-refractivity contribution in [3.8, 4) is 0 Å². The molecular formula is C21H32O. The quantitative estimate of drug-likeness (QED) is 0.377. The first-order valence-corrected chi connectivity index (χ1v) is 8.69. The molecule has 122 valence electrons. The van der Waals surface area contributed by atoms with E-state index >= 15 is 0 Å². The smallest absolute Gasteiger partial charge is 0.120 e. The van der Waals surface area contributed by atoms with Crippen LogP contribution in [0.2, 0.25) is 0 Å². The van der Waals surface area contributed by atoms with Crippen LogP contribution in [0.4, 0.5) is 0 Å². The maximum Gasteiger partial charge on any atom is 0.120 e. The van der Waals surface area contributed by atoms with Crippen molar-refractivity contribution in [2.45, 2.75) is 71.6 Å². The Balaban J connectivity index is 3.03. The van der Waals surface area contributed by atoms with Gasteiger partial charge in [-0.2, -0.15) is 0 Å². The van der Waals surface area contributed by atoms with Gasteiger partial charge in [0.2, 0.25) is 0 Å². The van der Waals surface area contributed by atoms with Crippen molar-refractivity contribution in [2.24, 2.45) is 5.41 Å². The highest BCUT2D eigenvalue weighted by atomic mass is 16.1. The molecule has 0 N–H and O–H groups in total. The van der Waals surface area contributed by atoms with Crippen LogP contribution in [0.25, 0.3) is 0 Å². The van der Waals surface area contributed by atoms with Gasteiger partial charge in [0, 0.05) is 11.8 Å². The molecule has 1 aromatic carbocycles. The van der Waals surface area contributed by atoms with Crippen LogP contribution in [0, 0.1) is 5.41 Å². The van der Waals surface area contributed by atoms with Crippen molar-refractivity contribution < 1.29 is 4.79 Å². The number of unbranched alkanes of at least 4 members (excludes halogenated alkanes) is 1. The molecule has 0 aromatic heterocycles. The van der Waals surface area contributed by atoms with Gasteiger partial charge in [0.1, 0.15) is 6.29 Å². The standard InChI is InChI=1S/C21H32O/c1-5-7-14-20(3,17-18-22)15-16-21(4,13-6-2)19-11-9-8-10-12-19/h8-12,15-16,18H,5-7,13-14,17H2,1-4H3/b16-15+/t20-,21-/m0/s1. The van der Waals surface area contributed by atoms with E-state index < -0.39 is 0 Å². The lowest BCUT2D eigenvalue weighted by molar-refractivity contribution is -0.109. The lowest BCUT2D eigenvalue weighted by atomic mass is 9.74. The summed E-state index contributed by atoms with van der Waals surface area (Å²) in [5.74, 6) is 0. The minimum Gasteiger partial charge on any atom is -0.303 e. The number of carbonyl (C=O) groups excluding carboxylic acids is 1. The molecule has 0 aliphatic rings. The lowest BCUT2D eigenvalue weighted by Crippen LogP contribution is -2.21. The van der Waals surface area contributed by atoms with E-state index in [9.17, 15) is 4.79 Å². The summed E-state index contributed by atoms with van der Waals surface area (Å²) in [6, 6.07) is 10.7. The van der Waals surface area contributed by atoms with Crippen molar-refractivity contribution in [3.05, 3.63) is 48.0 Å². The largest absolute Gasteiger partial charge is 0.303 e. The Morgan fingerprint density at radius 3 is 2.18 bits per heavy atom. The van der Waals surface area contributed by atoms with E-state index in [2.05, 4.69) is 70.2 Å². The molecule has 22 heavy (non-hydrogen) atoms. The van der Waals surface area contributed by atoms with Crippen molar-refractivity contribution in [2.75, 3.05) is 0 Å². The maximum absolute atomic E-state index is 11.1. The molecule has 0 spiro atoms. The molecule has 2 atom stereocenters. The summed E-state index contributed by atoms with van der Waals surface area (Å²) >= 11 is 0. The van der Waals surface area contributed by atoms with Crippen LogP contribution in [-0.2, 0) is 10.2 Å². The second-order valence-corrected chi connectivity index (χ2v) is 7.00. The van der Waals surface area contributed by atoms with Crippen LogP contribution in [0.1, 0.15) is 71.8 Å². The third kappa shape index (κ3) is 5.44. The number of carbonyl (C=O) groups is 1. The molecule has 1 aromatic rings. The van der Waals surface area contributed by atoms with Gasteiger partial charge in [-0.1, -0.05) is 89.4 Å². The number of allylic oxidation sites excluding steroid dienone is 2. The number of benzene rings is 1. The van der Waals surface area contributed by atoms with Crippen molar-refractivity contribution >= 4 is 6.29 Å². The van der Waals surface area contributed by atoms with Gasteiger partial charge in [0.25, 0.3) is 0 Å². The Morgan fingerprint density at radius 2 is 1.64 bits per heavy atom. The zero-order valence-corrected chi connectivity index (χ0v) is 14.8. The van der Waals surface area contributed by atoms with Crippen LogP contribution >= 0.6 is 0 Å². The van der Waals surface area contributed by atoms with Crippen LogP contribution in [0.15, 0.2) is 42.5 Å². The second-order valence-electron chi connectivity index (χ2n) is 7.00. The molecule has 0 radical (unpaired) electrons. The van der Waals surface area contributed by atoms with Gasteiger partial charge < -0.3 is 4.79 Å². The fraction of sp³-hybridized carbons (Fsp3) is 0.571. The molecule has 0 bridgehead atoms. The number of hydrogen-bond acceptors (Lipinski definition) is 1. The first kappa shape index (κ1) is 18.7. The lowest BCUT2D eigenvalue weighted by Gasteiger charge is -2.30. The predicted molar refractivity (Wildman–Crippen MR) is 96.2 cm³/mol. The van der Waals surface area contributed by atoms with E-state index in [1.807, 2.05) is 0 Å². The van der Waals surface area contributed by atoms with Gasteiger partial charge in [0.05, 0.1) is 0 Å². The summed E-state index contributed by atoms with van der Waals surface area (Å²) in [5, 5.41) is 0. The Labute approximate surface area is 136 Å². The SMILES string of the molecule is CCCC[C@@](C)(/C=C/[C@](C)(CCC)c1ccccc1)CC=O. The number of hydrogen-bond donors (Lipinski definition) is 0. The van der Waals surface area contributed by atoms with Crippen LogP contribution < -0.4 is 0 Å². The third-order valence-corrected chi connectivity index (χ3v) is 4.71. The van der Waals surface area contributed by atoms with E-state index in [0.29, 0.717) is 6.42 Å². The molecule has 0 saturated carbocycles. The van der Waals surface area contributed by atoms with Gasteiger partial charge >= 0.3 is 0 Å². The molecule has 1 nitrogen and oxygen atoms in total. The van der Waals surface area contributed by atoms with Crippen LogP contribution in [0.5, 0.6) is 0 Å². The highest BCUT2D eigenvalue weighted by Crippen LogP contribution is 2.35. The van der Waals surface area contributed by atoms with Gasteiger partial charge in [-0.3, -0.25) is 0 Å². The van der Waals surface area contributed by atoms with E-state index in [0.717, 1.165) is 25.5 Å². The molecule has 0 heterocycles. The third-order valence-electron chi connectivity index (χ3n) is 4.71. The number of aldehydes is 1. The van der Waals surface area contributed by atoms with E-state index in [1.54, 1.807) is 0 Å². The molecular weight excluding hydrogens is 268 g/mol. The highest BCUT2D eigenvalue weighted by molar-refractivity contribution is 5.51. The molecule has 1 rings (SSSR count). The minimum atomic E-state index is -0.0124. The van der Waals surface area contributed by atoms with Crippen molar-refractivity contribution in [1.82, 2.24) is 0 Å². The molecule has 0 saturated heterocycles. The zero-order chi connectivity index (χ0) is 16.5. The summed E-state index contributed by atoms with van der Waals surface area (Å²) in [5.41, 5.74) is 1.39. The first-order valence-electron chi connectivity index (χ1n) is 8.69. The number of rotatable bonds is 10. The van der Waals surface area contributed by atoms with Crippen LogP contribution in [-0.4, -0.2) is 6.29 Å². The minimum absolute atomic E-state index is 0.0124. The Hall–Kier alpha value is -1.37. The molecule has 0 aliphatic heterocycles. The molecule has 0 aliphatic carbocycles.